The molecule has 216 valence electrons. The fourth-order valence-electron chi connectivity index (χ4n) is 6.71. The van der Waals surface area contributed by atoms with Gasteiger partial charge in [-0.2, -0.15) is 0 Å². The molecule has 0 saturated heterocycles. The van der Waals surface area contributed by atoms with Gasteiger partial charge in [0.1, 0.15) is 0 Å². The fourth-order valence-corrected chi connectivity index (χ4v) is 9.65. The van der Waals surface area contributed by atoms with Crippen LogP contribution in [0, 0.1) is 23.7 Å². The van der Waals surface area contributed by atoms with Crippen LogP contribution in [0.5, 0.6) is 0 Å². The SMILES string of the molecule is CC[Si](CC)(CC)OC(CCc1ccccc1)CC[C@@H]1[C@@H](C/C=C\CCCC(=O)OC(C)C)[C@@H](C)C[C@H]1C. The van der Waals surface area contributed by atoms with E-state index >= 15 is 0 Å². The van der Waals surface area contributed by atoms with Gasteiger partial charge in [0.05, 0.1) is 6.10 Å². The number of unbranched alkanes of at least 4 members (excludes halogenated alkanes) is 1. The zero-order chi connectivity index (χ0) is 28.0. The number of benzene rings is 1. The third-order valence-electron chi connectivity index (χ3n) is 9.22. The molecule has 0 heterocycles. The number of carbonyl (C=O) groups is 1. The quantitative estimate of drug-likeness (QED) is 0.0801. The molecule has 0 amide bonds. The first-order valence-electron chi connectivity index (χ1n) is 15.8. The standard InChI is InChI=1S/C34H58O3Si/c1-8-38(9-2,10-3)37-31(23-22-30-18-14-13-15-19-30)24-25-33-29(7)26-28(6)32(33)20-16-11-12-17-21-34(35)36-27(4)5/h11,13-16,18-19,27-29,31-33H,8-10,12,17,20-26H2,1-7H3/b16-11-/t28-,29+,31?,32-,33-/m0/s1. The summed E-state index contributed by atoms with van der Waals surface area (Å²) in [6, 6.07) is 14.6. The van der Waals surface area contributed by atoms with E-state index in [9.17, 15) is 4.79 Å². The van der Waals surface area contributed by atoms with Crippen LogP contribution in [0.4, 0.5) is 0 Å². The molecular weight excluding hydrogens is 484 g/mol. The molecule has 5 atom stereocenters. The minimum absolute atomic E-state index is 0.0196. The van der Waals surface area contributed by atoms with E-state index in [1.54, 1.807) is 0 Å². The molecular formula is C34H58O3Si. The second-order valence-electron chi connectivity index (χ2n) is 12.2. The maximum absolute atomic E-state index is 11.8. The average Bonchev–Trinajstić information content (AvgIpc) is 3.17. The van der Waals surface area contributed by atoms with Gasteiger partial charge in [-0.3, -0.25) is 4.79 Å². The lowest BCUT2D eigenvalue weighted by atomic mass is 9.81. The van der Waals surface area contributed by atoms with Gasteiger partial charge < -0.3 is 9.16 Å². The van der Waals surface area contributed by atoms with E-state index in [-0.39, 0.29) is 12.1 Å². The molecule has 4 heteroatoms. The minimum atomic E-state index is -1.64. The van der Waals surface area contributed by atoms with E-state index in [1.165, 1.54) is 49.4 Å². The molecule has 0 aliphatic heterocycles. The van der Waals surface area contributed by atoms with Gasteiger partial charge in [-0.15, -0.1) is 0 Å². The van der Waals surface area contributed by atoms with Gasteiger partial charge in [-0.1, -0.05) is 77.1 Å². The summed E-state index contributed by atoms with van der Waals surface area (Å²) < 4.78 is 12.4. The number of hydrogen-bond acceptors (Lipinski definition) is 3. The summed E-state index contributed by atoms with van der Waals surface area (Å²) >= 11 is 0. The summed E-state index contributed by atoms with van der Waals surface area (Å²) in [5, 5.41) is 0. The van der Waals surface area contributed by atoms with Crippen LogP contribution in [-0.4, -0.2) is 26.5 Å². The number of rotatable bonds is 18. The number of carbonyl (C=O) groups excluding carboxylic acids is 1. The Labute approximate surface area is 236 Å². The third kappa shape index (κ3) is 11.0. The molecule has 1 aromatic carbocycles. The van der Waals surface area contributed by atoms with Crippen LogP contribution in [0.15, 0.2) is 42.5 Å². The van der Waals surface area contributed by atoms with Gasteiger partial charge in [-0.25, -0.2) is 0 Å². The summed E-state index contributed by atoms with van der Waals surface area (Å²) in [7, 11) is -1.64. The van der Waals surface area contributed by atoms with E-state index < -0.39 is 8.32 Å². The van der Waals surface area contributed by atoms with Crippen molar-refractivity contribution in [1.29, 1.82) is 0 Å². The second-order valence-corrected chi connectivity index (χ2v) is 17.0. The molecule has 38 heavy (non-hydrogen) atoms. The maximum atomic E-state index is 11.8. The van der Waals surface area contributed by atoms with Gasteiger partial charge in [0.2, 0.25) is 0 Å². The van der Waals surface area contributed by atoms with Crippen LogP contribution in [-0.2, 0) is 20.4 Å². The lowest BCUT2D eigenvalue weighted by Gasteiger charge is -2.35. The largest absolute Gasteiger partial charge is 0.463 e. The molecule has 1 aromatic rings. The molecule has 1 saturated carbocycles. The Hall–Kier alpha value is -1.39. The van der Waals surface area contributed by atoms with Crippen molar-refractivity contribution in [2.75, 3.05) is 0 Å². The normalized spacial score (nSPS) is 22.8. The number of hydrogen-bond donors (Lipinski definition) is 0. The van der Waals surface area contributed by atoms with E-state index in [4.69, 9.17) is 9.16 Å². The molecule has 1 aliphatic rings. The van der Waals surface area contributed by atoms with Gasteiger partial charge in [-0.05, 0) is 113 Å². The van der Waals surface area contributed by atoms with Crippen LogP contribution in [0.3, 0.4) is 0 Å². The van der Waals surface area contributed by atoms with Crippen molar-refractivity contribution in [3.8, 4) is 0 Å². The van der Waals surface area contributed by atoms with Crippen LogP contribution >= 0.6 is 0 Å². The zero-order valence-electron chi connectivity index (χ0n) is 25.7. The Bertz CT molecular complexity index is 793. The Morgan fingerprint density at radius 3 is 2.26 bits per heavy atom. The zero-order valence-corrected chi connectivity index (χ0v) is 26.7. The topological polar surface area (TPSA) is 35.5 Å². The molecule has 1 aliphatic carbocycles. The van der Waals surface area contributed by atoms with Gasteiger partial charge in [0.15, 0.2) is 8.32 Å². The van der Waals surface area contributed by atoms with Gasteiger partial charge in [0.25, 0.3) is 0 Å². The summed E-state index contributed by atoms with van der Waals surface area (Å²) in [5.74, 6) is 3.03. The highest BCUT2D eigenvalue weighted by Crippen LogP contribution is 2.46. The molecule has 0 aromatic heterocycles. The molecule has 0 radical (unpaired) electrons. The molecule has 0 spiro atoms. The fraction of sp³-hybridized carbons (Fsp3) is 0.735. The van der Waals surface area contributed by atoms with Crippen molar-refractivity contribution in [2.24, 2.45) is 23.7 Å². The second kappa shape index (κ2) is 17.3. The summed E-state index contributed by atoms with van der Waals surface area (Å²) in [6.07, 6.45) is 14.6. The third-order valence-corrected chi connectivity index (χ3v) is 13.9. The van der Waals surface area contributed by atoms with Crippen LogP contribution in [0.25, 0.3) is 0 Å². The highest BCUT2D eigenvalue weighted by atomic mass is 28.4. The predicted molar refractivity (Wildman–Crippen MR) is 165 cm³/mol. The summed E-state index contributed by atoms with van der Waals surface area (Å²) in [5.41, 5.74) is 1.43. The number of esters is 1. The first-order valence-corrected chi connectivity index (χ1v) is 18.3. The first-order chi connectivity index (χ1) is 18.2. The van der Waals surface area contributed by atoms with Gasteiger partial charge in [0, 0.05) is 12.5 Å². The predicted octanol–water partition coefficient (Wildman–Crippen LogP) is 9.77. The minimum Gasteiger partial charge on any atom is -0.463 e. The highest BCUT2D eigenvalue weighted by Gasteiger charge is 2.38. The number of allylic oxidation sites excluding steroid dienone is 2. The summed E-state index contributed by atoms with van der Waals surface area (Å²) in [4.78, 5) is 11.8. The molecule has 3 nitrogen and oxygen atoms in total. The Balaban J connectivity index is 1.95. The van der Waals surface area contributed by atoms with Gasteiger partial charge >= 0.3 is 5.97 Å². The first kappa shape index (κ1) is 32.8. The molecule has 2 rings (SSSR count). The Morgan fingerprint density at radius 2 is 1.63 bits per heavy atom. The van der Waals surface area contributed by atoms with Crippen molar-refractivity contribution >= 4 is 14.3 Å². The van der Waals surface area contributed by atoms with Crippen molar-refractivity contribution < 1.29 is 14.0 Å². The molecule has 0 N–H and O–H groups in total. The molecule has 1 fully saturated rings. The highest BCUT2D eigenvalue weighted by molar-refractivity contribution is 6.73. The average molecular weight is 543 g/mol. The lowest BCUT2D eigenvalue weighted by Crippen LogP contribution is -2.40. The summed E-state index contributed by atoms with van der Waals surface area (Å²) in [6.45, 7) is 15.8. The van der Waals surface area contributed by atoms with E-state index in [0.717, 1.165) is 49.4 Å². The molecule has 1 unspecified atom stereocenters. The van der Waals surface area contributed by atoms with Crippen LogP contribution < -0.4 is 0 Å². The van der Waals surface area contributed by atoms with E-state index in [1.807, 2.05) is 13.8 Å². The van der Waals surface area contributed by atoms with Crippen molar-refractivity contribution in [1.82, 2.24) is 0 Å². The van der Waals surface area contributed by atoms with Crippen molar-refractivity contribution in [3.05, 3.63) is 48.0 Å². The Morgan fingerprint density at radius 1 is 0.974 bits per heavy atom. The van der Waals surface area contributed by atoms with Crippen LogP contribution in [0.1, 0.15) is 105 Å². The number of ether oxygens (including phenoxy) is 1. The lowest BCUT2D eigenvalue weighted by molar-refractivity contribution is -0.147. The van der Waals surface area contributed by atoms with E-state index in [2.05, 4.69) is 77.1 Å². The number of aryl methyl sites for hydroxylation is 1. The Kier molecular flexibility index (Phi) is 15.0. The maximum Gasteiger partial charge on any atom is 0.306 e. The smallest absolute Gasteiger partial charge is 0.306 e. The monoisotopic (exact) mass is 542 g/mol. The van der Waals surface area contributed by atoms with Crippen molar-refractivity contribution in [3.63, 3.8) is 0 Å². The van der Waals surface area contributed by atoms with Crippen molar-refractivity contribution in [2.45, 2.75) is 137 Å². The van der Waals surface area contributed by atoms with E-state index in [0.29, 0.717) is 12.5 Å². The molecule has 0 bridgehead atoms. The van der Waals surface area contributed by atoms with Crippen LogP contribution in [0.2, 0.25) is 18.1 Å².